The first-order valence-corrected chi connectivity index (χ1v) is 7.86. The van der Waals surface area contributed by atoms with Crippen LogP contribution < -0.4 is 15.4 Å². The van der Waals surface area contributed by atoms with Crippen LogP contribution in [-0.2, 0) is 13.0 Å². The van der Waals surface area contributed by atoms with Gasteiger partial charge in [0, 0.05) is 19.2 Å². The Bertz CT molecular complexity index is 680. The number of hydrogen-bond donors (Lipinski definition) is 2. The number of ether oxygens (including phenoxy) is 1. The smallest absolute Gasteiger partial charge is 0.191 e. The predicted octanol–water partition coefficient (Wildman–Crippen LogP) is 2.68. The molecule has 3 rings (SSSR count). The van der Waals surface area contributed by atoms with E-state index in [1.807, 2.05) is 43.3 Å². The minimum atomic E-state index is 0. The molecular weight excluding hydrogens is 415 g/mol. The molecule has 1 atom stereocenters. The fraction of sp³-hybridized carbons (Fsp3) is 0.333. The summed E-state index contributed by atoms with van der Waals surface area (Å²) in [5, 5.41) is 6.60. The fourth-order valence-electron chi connectivity index (χ4n) is 2.67. The van der Waals surface area contributed by atoms with Crippen LogP contribution in [0.3, 0.4) is 0 Å². The highest BCUT2D eigenvalue weighted by molar-refractivity contribution is 14.0. The molecule has 2 heterocycles. The number of guanidine groups is 1. The number of rotatable bonds is 4. The van der Waals surface area contributed by atoms with Gasteiger partial charge in [0.15, 0.2) is 5.96 Å². The van der Waals surface area contributed by atoms with Crippen LogP contribution >= 0.6 is 24.0 Å². The second-order valence-corrected chi connectivity index (χ2v) is 5.63. The number of aromatic nitrogens is 1. The van der Waals surface area contributed by atoms with Crippen LogP contribution in [0, 0.1) is 6.92 Å². The van der Waals surface area contributed by atoms with Gasteiger partial charge in [0.1, 0.15) is 11.9 Å². The maximum Gasteiger partial charge on any atom is 0.191 e. The van der Waals surface area contributed by atoms with Gasteiger partial charge in [0.05, 0.1) is 18.8 Å². The largest absolute Gasteiger partial charge is 0.488 e. The molecule has 1 aromatic carbocycles. The number of hydrogen-bond acceptors (Lipinski definition) is 3. The third-order valence-corrected chi connectivity index (χ3v) is 3.82. The third-order valence-electron chi connectivity index (χ3n) is 3.82. The molecule has 1 aliphatic rings. The minimum absolute atomic E-state index is 0. The standard InChI is InChI=1S/C18H22N4O.HI/c1-13-6-5-8-15(22-13)11-20-18(19-2)21-12-16-10-14-7-3-4-9-17(14)23-16;/h3-9,16H,10-12H2,1-2H3,(H2,19,20,21);1H. The summed E-state index contributed by atoms with van der Waals surface area (Å²) in [6, 6.07) is 14.2. The SMILES string of the molecule is CN=C(NCc1cccc(C)n1)NCC1Cc2ccccc2O1.I. The van der Waals surface area contributed by atoms with Crippen molar-refractivity contribution in [1.29, 1.82) is 0 Å². The van der Waals surface area contributed by atoms with E-state index in [0.29, 0.717) is 6.54 Å². The zero-order chi connectivity index (χ0) is 16.1. The Labute approximate surface area is 160 Å². The average molecular weight is 438 g/mol. The van der Waals surface area contributed by atoms with Crippen molar-refractivity contribution in [3.8, 4) is 5.75 Å². The molecule has 0 bridgehead atoms. The number of para-hydroxylation sites is 1. The Morgan fingerprint density at radius 1 is 1.21 bits per heavy atom. The molecule has 2 aromatic rings. The van der Waals surface area contributed by atoms with Crippen LogP contribution in [0.1, 0.15) is 17.0 Å². The predicted molar refractivity (Wildman–Crippen MR) is 107 cm³/mol. The molecule has 0 spiro atoms. The van der Waals surface area contributed by atoms with E-state index in [1.54, 1.807) is 7.05 Å². The van der Waals surface area contributed by atoms with E-state index in [2.05, 4.69) is 26.7 Å². The molecule has 0 aliphatic carbocycles. The van der Waals surface area contributed by atoms with E-state index in [-0.39, 0.29) is 30.1 Å². The number of aliphatic imine (C=N–C) groups is 1. The van der Waals surface area contributed by atoms with Gasteiger partial charge in [-0.05, 0) is 30.7 Å². The lowest BCUT2D eigenvalue weighted by molar-refractivity contribution is 0.235. The highest BCUT2D eigenvalue weighted by Crippen LogP contribution is 2.27. The Hall–Kier alpha value is -1.83. The van der Waals surface area contributed by atoms with Crippen molar-refractivity contribution in [2.45, 2.75) is 26.0 Å². The van der Waals surface area contributed by atoms with Crippen molar-refractivity contribution < 1.29 is 4.74 Å². The molecule has 0 saturated heterocycles. The quantitative estimate of drug-likeness (QED) is 0.438. The number of fused-ring (bicyclic) bond motifs is 1. The van der Waals surface area contributed by atoms with Gasteiger partial charge in [-0.1, -0.05) is 24.3 Å². The van der Waals surface area contributed by atoms with Gasteiger partial charge in [-0.15, -0.1) is 24.0 Å². The lowest BCUT2D eigenvalue weighted by atomic mass is 10.1. The molecule has 0 radical (unpaired) electrons. The highest BCUT2D eigenvalue weighted by Gasteiger charge is 2.22. The summed E-state index contributed by atoms with van der Waals surface area (Å²) >= 11 is 0. The fourth-order valence-corrected chi connectivity index (χ4v) is 2.67. The second kappa shape index (κ2) is 8.86. The normalized spacial score (nSPS) is 15.9. The molecule has 1 aromatic heterocycles. The lowest BCUT2D eigenvalue weighted by Gasteiger charge is -2.15. The van der Waals surface area contributed by atoms with Crippen LogP contribution in [0.25, 0.3) is 0 Å². The molecule has 128 valence electrons. The van der Waals surface area contributed by atoms with E-state index < -0.39 is 0 Å². The third kappa shape index (κ3) is 4.83. The first-order chi connectivity index (χ1) is 11.2. The molecule has 0 saturated carbocycles. The zero-order valence-electron chi connectivity index (χ0n) is 14.0. The van der Waals surface area contributed by atoms with Gasteiger partial charge >= 0.3 is 0 Å². The monoisotopic (exact) mass is 438 g/mol. The van der Waals surface area contributed by atoms with E-state index in [4.69, 9.17) is 4.74 Å². The number of aryl methyl sites for hydroxylation is 1. The number of nitrogens with one attached hydrogen (secondary N) is 2. The number of halogens is 1. The minimum Gasteiger partial charge on any atom is -0.488 e. The Morgan fingerprint density at radius 2 is 2.04 bits per heavy atom. The van der Waals surface area contributed by atoms with E-state index >= 15 is 0 Å². The molecule has 2 N–H and O–H groups in total. The summed E-state index contributed by atoms with van der Waals surface area (Å²) in [6.45, 7) is 3.36. The number of pyridine rings is 1. The lowest BCUT2D eigenvalue weighted by Crippen LogP contribution is -2.42. The summed E-state index contributed by atoms with van der Waals surface area (Å²) in [5.41, 5.74) is 3.29. The van der Waals surface area contributed by atoms with E-state index in [0.717, 1.165) is 36.1 Å². The summed E-state index contributed by atoms with van der Waals surface area (Å²) < 4.78 is 5.92. The molecule has 0 fully saturated rings. The van der Waals surface area contributed by atoms with Crippen molar-refractivity contribution in [3.05, 3.63) is 59.4 Å². The topological polar surface area (TPSA) is 58.5 Å². The van der Waals surface area contributed by atoms with Gasteiger partial charge in [-0.2, -0.15) is 0 Å². The van der Waals surface area contributed by atoms with Crippen LogP contribution in [-0.4, -0.2) is 30.6 Å². The van der Waals surface area contributed by atoms with Gasteiger partial charge in [-0.25, -0.2) is 0 Å². The second-order valence-electron chi connectivity index (χ2n) is 5.63. The maximum absolute atomic E-state index is 5.92. The Kier molecular flexibility index (Phi) is 6.84. The molecular formula is C18H23IN4O. The van der Waals surface area contributed by atoms with Gasteiger partial charge in [0.25, 0.3) is 0 Å². The molecule has 1 aliphatic heterocycles. The highest BCUT2D eigenvalue weighted by atomic mass is 127. The van der Waals surface area contributed by atoms with Crippen molar-refractivity contribution >= 4 is 29.9 Å². The number of nitrogens with zero attached hydrogens (tertiary/aromatic N) is 2. The first kappa shape index (κ1) is 18.5. The number of benzene rings is 1. The molecule has 6 heteroatoms. The van der Waals surface area contributed by atoms with E-state index in [1.165, 1.54) is 5.56 Å². The summed E-state index contributed by atoms with van der Waals surface area (Å²) in [5.74, 6) is 1.75. The molecule has 24 heavy (non-hydrogen) atoms. The molecule has 1 unspecified atom stereocenters. The van der Waals surface area contributed by atoms with Gasteiger partial charge in [0.2, 0.25) is 0 Å². The van der Waals surface area contributed by atoms with Crippen molar-refractivity contribution in [3.63, 3.8) is 0 Å². The van der Waals surface area contributed by atoms with Crippen LogP contribution in [0.2, 0.25) is 0 Å². The molecule has 5 nitrogen and oxygen atoms in total. The summed E-state index contributed by atoms with van der Waals surface area (Å²) in [4.78, 5) is 8.72. The van der Waals surface area contributed by atoms with Gasteiger partial charge < -0.3 is 15.4 Å². The van der Waals surface area contributed by atoms with Crippen molar-refractivity contribution in [1.82, 2.24) is 15.6 Å². The zero-order valence-corrected chi connectivity index (χ0v) is 16.3. The average Bonchev–Trinajstić information content (AvgIpc) is 2.98. The van der Waals surface area contributed by atoms with Crippen molar-refractivity contribution in [2.75, 3.05) is 13.6 Å². The Morgan fingerprint density at radius 3 is 2.79 bits per heavy atom. The molecule has 0 amide bonds. The maximum atomic E-state index is 5.92. The summed E-state index contributed by atoms with van der Waals surface area (Å²) in [7, 11) is 1.77. The van der Waals surface area contributed by atoms with Crippen molar-refractivity contribution in [2.24, 2.45) is 4.99 Å². The first-order valence-electron chi connectivity index (χ1n) is 7.86. The Balaban J connectivity index is 0.00000208. The van der Waals surface area contributed by atoms with E-state index in [9.17, 15) is 0 Å². The van der Waals surface area contributed by atoms with Crippen LogP contribution in [0.4, 0.5) is 0 Å². The van der Waals surface area contributed by atoms with Crippen LogP contribution in [0.15, 0.2) is 47.5 Å². The van der Waals surface area contributed by atoms with Crippen LogP contribution in [0.5, 0.6) is 5.75 Å². The van der Waals surface area contributed by atoms with Gasteiger partial charge in [-0.3, -0.25) is 9.98 Å². The summed E-state index contributed by atoms with van der Waals surface area (Å²) in [6.07, 6.45) is 1.07.